The van der Waals surface area contributed by atoms with Gasteiger partial charge < -0.3 is 11.1 Å². The maximum atomic E-state index is 5.95. The molecule has 0 aliphatic carbocycles. The molecular formula is C16H28N2. The van der Waals surface area contributed by atoms with E-state index in [1.54, 1.807) is 0 Å². The fourth-order valence-corrected chi connectivity index (χ4v) is 2.07. The number of hydrogen-bond acceptors (Lipinski definition) is 2. The molecule has 0 heterocycles. The molecule has 0 saturated heterocycles. The normalized spacial score (nSPS) is 16.6. The minimum absolute atomic E-state index is 0.168. The van der Waals surface area contributed by atoms with Gasteiger partial charge in [0.25, 0.3) is 0 Å². The van der Waals surface area contributed by atoms with Crippen LogP contribution in [0.25, 0.3) is 0 Å². The van der Waals surface area contributed by atoms with Crippen molar-refractivity contribution >= 4 is 0 Å². The van der Waals surface area contributed by atoms with Gasteiger partial charge in [-0.15, -0.1) is 0 Å². The quantitative estimate of drug-likeness (QED) is 0.811. The molecule has 2 heteroatoms. The van der Waals surface area contributed by atoms with Crippen molar-refractivity contribution in [3.63, 3.8) is 0 Å². The summed E-state index contributed by atoms with van der Waals surface area (Å²) in [4.78, 5) is 0. The van der Waals surface area contributed by atoms with Crippen molar-refractivity contribution in [2.75, 3.05) is 0 Å². The van der Waals surface area contributed by atoms with Crippen LogP contribution in [-0.4, -0.2) is 12.1 Å². The first-order valence-electron chi connectivity index (χ1n) is 7.06. The highest BCUT2D eigenvalue weighted by Crippen LogP contribution is 2.23. The highest BCUT2D eigenvalue weighted by atomic mass is 15.0. The second kappa shape index (κ2) is 6.91. The van der Waals surface area contributed by atoms with Gasteiger partial charge in [-0.2, -0.15) is 0 Å². The molecule has 0 amide bonds. The van der Waals surface area contributed by atoms with E-state index < -0.39 is 0 Å². The SMILES string of the molecule is CCc1ccc(C(NC(C)C(C)N)C(C)C)cc1. The Bertz CT molecular complexity index is 341. The molecule has 0 radical (unpaired) electrons. The summed E-state index contributed by atoms with van der Waals surface area (Å²) in [7, 11) is 0. The highest BCUT2D eigenvalue weighted by Gasteiger charge is 2.19. The second-order valence-corrected chi connectivity index (χ2v) is 5.63. The molecule has 102 valence electrons. The second-order valence-electron chi connectivity index (χ2n) is 5.63. The van der Waals surface area contributed by atoms with Crippen LogP contribution in [-0.2, 0) is 6.42 Å². The summed E-state index contributed by atoms with van der Waals surface area (Å²) < 4.78 is 0. The van der Waals surface area contributed by atoms with Gasteiger partial charge in [-0.3, -0.25) is 0 Å². The third kappa shape index (κ3) is 4.11. The summed E-state index contributed by atoms with van der Waals surface area (Å²) in [6, 6.07) is 9.79. The van der Waals surface area contributed by atoms with E-state index in [4.69, 9.17) is 5.73 Å². The summed E-state index contributed by atoms with van der Waals surface area (Å²) in [6.07, 6.45) is 1.09. The van der Waals surface area contributed by atoms with Gasteiger partial charge in [0.15, 0.2) is 0 Å². The summed E-state index contributed by atoms with van der Waals surface area (Å²) in [5.41, 5.74) is 8.69. The van der Waals surface area contributed by atoms with Crippen LogP contribution in [0.2, 0.25) is 0 Å². The Morgan fingerprint density at radius 2 is 1.61 bits per heavy atom. The minimum Gasteiger partial charge on any atom is -0.327 e. The summed E-state index contributed by atoms with van der Waals surface area (Å²) in [5, 5.41) is 3.64. The van der Waals surface area contributed by atoms with E-state index in [1.807, 2.05) is 0 Å². The van der Waals surface area contributed by atoms with Crippen LogP contribution >= 0.6 is 0 Å². The Kier molecular flexibility index (Phi) is 5.83. The van der Waals surface area contributed by atoms with Crippen LogP contribution in [0, 0.1) is 5.92 Å². The number of hydrogen-bond donors (Lipinski definition) is 2. The van der Waals surface area contributed by atoms with Crippen molar-refractivity contribution in [3.05, 3.63) is 35.4 Å². The van der Waals surface area contributed by atoms with Gasteiger partial charge in [-0.1, -0.05) is 45.0 Å². The van der Waals surface area contributed by atoms with Gasteiger partial charge in [-0.25, -0.2) is 0 Å². The number of benzene rings is 1. The lowest BCUT2D eigenvalue weighted by Gasteiger charge is -2.29. The van der Waals surface area contributed by atoms with Gasteiger partial charge in [0.1, 0.15) is 0 Å². The van der Waals surface area contributed by atoms with E-state index in [1.165, 1.54) is 11.1 Å². The minimum atomic E-state index is 0.168. The monoisotopic (exact) mass is 248 g/mol. The van der Waals surface area contributed by atoms with Crippen molar-refractivity contribution in [2.45, 2.75) is 59.2 Å². The molecule has 0 aliphatic heterocycles. The Hall–Kier alpha value is -0.860. The average Bonchev–Trinajstić information content (AvgIpc) is 2.35. The fraction of sp³-hybridized carbons (Fsp3) is 0.625. The maximum absolute atomic E-state index is 5.95. The van der Waals surface area contributed by atoms with E-state index in [0.717, 1.165) is 6.42 Å². The summed E-state index contributed by atoms with van der Waals surface area (Å²) in [5.74, 6) is 0.554. The lowest BCUT2D eigenvalue weighted by Crippen LogP contribution is -2.44. The van der Waals surface area contributed by atoms with Crippen LogP contribution in [0.1, 0.15) is 51.8 Å². The summed E-state index contributed by atoms with van der Waals surface area (Å²) >= 11 is 0. The molecule has 3 atom stereocenters. The molecule has 3 unspecified atom stereocenters. The lowest BCUT2D eigenvalue weighted by atomic mass is 9.93. The maximum Gasteiger partial charge on any atom is 0.0346 e. The highest BCUT2D eigenvalue weighted by molar-refractivity contribution is 5.25. The Morgan fingerprint density at radius 1 is 1.06 bits per heavy atom. The lowest BCUT2D eigenvalue weighted by molar-refractivity contribution is 0.347. The third-order valence-corrected chi connectivity index (χ3v) is 3.64. The van der Waals surface area contributed by atoms with Crippen LogP contribution in [0.5, 0.6) is 0 Å². The first-order valence-corrected chi connectivity index (χ1v) is 7.06. The van der Waals surface area contributed by atoms with E-state index >= 15 is 0 Å². The Balaban J connectivity index is 2.83. The fourth-order valence-electron chi connectivity index (χ4n) is 2.07. The molecule has 2 nitrogen and oxygen atoms in total. The van der Waals surface area contributed by atoms with Gasteiger partial charge in [0.05, 0.1) is 0 Å². The van der Waals surface area contributed by atoms with Gasteiger partial charge in [0, 0.05) is 18.1 Å². The first-order chi connectivity index (χ1) is 8.45. The van der Waals surface area contributed by atoms with Crippen molar-refractivity contribution in [2.24, 2.45) is 11.7 Å². The van der Waals surface area contributed by atoms with Crippen LogP contribution in [0.15, 0.2) is 24.3 Å². The van der Waals surface area contributed by atoms with E-state index in [-0.39, 0.29) is 6.04 Å². The number of nitrogens with one attached hydrogen (secondary N) is 1. The van der Waals surface area contributed by atoms with E-state index in [2.05, 4.69) is 64.2 Å². The van der Waals surface area contributed by atoms with Crippen molar-refractivity contribution in [1.82, 2.24) is 5.32 Å². The van der Waals surface area contributed by atoms with Crippen molar-refractivity contribution in [1.29, 1.82) is 0 Å². The molecule has 1 aromatic carbocycles. The topological polar surface area (TPSA) is 38.0 Å². The molecule has 0 aromatic heterocycles. The van der Waals surface area contributed by atoms with E-state index in [9.17, 15) is 0 Å². The molecule has 18 heavy (non-hydrogen) atoms. The number of aryl methyl sites for hydroxylation is 1. The molecule has 1 rings (SSSR count). The predicted octanol–water partition coefficient (Wildman–Crippen LogP) is 3.27. The zero-order valence-electron chi connectivity index (χ0n) is 12.4. The molecule has 0 aliphatic rings. The standard InChI is InChI=1S/C16H28N2/c1-6-14-7-9-15(10-8-14)16(11(2)3)18-13(5)12(4)17/h7-13,16,18H,6,17H2,1-5H3. The molecular weight excluding hydrogens is 220 g/mol. The molecule has 1 aromatic rings. The molecule has 0 saturated carbocycles. The van der Waals surface area contributed by atoms with E-state index in [0.29, 0.717) is 18.0 Å². The predicted molar refractivity (Wildman–Crippen MR) is 79.6 cm³/mol. The van der Waals surface area contributed by atoms with Crippen LogP contribution in [0.3, 0.4) is 0 Å². The molecule has 0 spiro atoms. The molecule has 0 fully saturated rings. The van der Waals surface area contributed by atoms with Crippen molar-refractivity contribution < 1.29 is 0 Å². The Labute approximate surface area is 112 Å². The first kappa shape index (κ1) is 15.2. The van der Waals surface area contributed by atoms with Gasteiger partial charge in [-0.05, 0) is 37.3 Å². The number of nitrogens with two attached hydrogens (primary N) is 1. The van der Waals surface area contributed by atoms with Crippen molar-refractivity contribution in [3.8, 4) is 0 Å². The van der Waals surface area contributed by atoms with Crippen LogP contribution in [0.4, 0.5) is 0 Å². The Morgan fingerprint density at radius 3 is 2.00 bits per heavy atom. The zero-order valence-corrected chi connectivity index (χ0v) is 12.4. The summed E-state index contributed by atoms with van der Waals surface area (Å²) in [6.45, 7) is 10.9. The largest absolute Gasteiger partial charge is 0.327 e. The van der Waals surface area contributed by atoms with Gasteiger partial charge >= 0.3 is 0 Å². The van der Waals surface area contributed by atoms with Crippen LogP contribution < -0.4 is 11.1 Å². The average molecular weight is 248 g/mol. The molecule has 0 bridgehead atoms. The smallest absolute Gasteiger partial charge is 0.0346 e. The van der Waals surface area contributed by atoms with Gasteiger partial charge in [0.2, 0.25) is 0 Å². The third-order valence-electron chi connectivity index (χ3n) is 3.64. The zero-order chi connectivity index (χ0) is 13.7. The molecule has 3 N–H and O–H groups in total. The number of rotatable bonds is 6.